The van der Waals surface area contributed by atoms with Crippen molar-refractivity contribution >= 4 is 34.3 Å². The van der Waals surface area contributed by atoms with Gasteiger partial charge in [0.2, 0.25) is 5.91 Å². The predicted molar refractivity (Wildman–Crippen MR) is 122 cm³/mol. The zero-order chi connectivity index (χ0) is 20.9. The van der Waals surface area contributed by atoms with Gasteiger partial charge in [-0.3, -0.25) is 14.2 Å². The first-order chi connectivity index (χ1) is 14.6. The van der Waals surface area contributed by atoms with Crippen molar-refractivity contribution in [2.75, 3.05) is 10.7 Å². The maximum Gasteiger partial charge on any atom is 0.261 e. The molecule has 5 nitrogen and oxygen atoms in total. The standard InChI is InChI=1S/C24H21N3O2S/c1-26-23(29)20-14-8-9-15-21(20)25-24(26)30-17-22(28)27(19-12-6-3-7-13-19)16-18-10-4-2-5-11-18/h2-15H,16-17H2,1H3. The van der Waals surface area contributed by atoms with Gasteiger partial charge in [-0.25, -0.2) is 4.98 Å². The molecule has 1 aromatic heterocycles. The van der Waals surface area contributed by atoms with Crippen molar-refractivity contribution in [2.24, 2.45) is 7.05 Å². The Morgan fingerprint density at radius 2 is 1.57 bits per heavy atom. The van der Waals surface area contributed by atoms with E-state index in [1.165, 1.54) is 16.3 Å². The maximum atomic E-state index is 13.2. The van der Waals surface area contributed by atoms with E-state index in [9.17, 15) is 9.59 Å². The summed E-state index contributed by atoms with van der Waals surface area (Å²) in [5, 5.41) is 1.10. The van der Waals surface area contributed by atoms with Crippen molar-refractivity contribution in [3.8, 4) is 0 Å². The topological polar surface area (TPSA) is 55.2 Å². The number of thioether (sulfide) groups is 1. The highest BCUT2D eigenvalue weighted by atomic mass is 32.2. The number of rotatable bonds is 6. The van der Waals surface area contributed by atoms with E-state index in [0.29, 0.717) is 22.6 Å². The first-order valence-corrected chi connectivity index (χ1v) is 10.6. The predicted octanol–water partition coefficient (Wildman–Crippen LogP) is 4.26. The summed E-state index contributed by atoms with van der Waals surface area (Å²) in [6.45, 7) is 0.480. The Morgan fingerprint density at radius 3 is 2.30 bits per heavy atom. The maximum absolute atomic E-state index is 13.2. The summed E-state index contributed by atoms with van der Waals surface area (Å²) in [5.41, 5.74) is 2.42. The SMILES string of the molecule is Cn1c(SCC(=O)N(Cc2ccccc2)c2ccccc2)nc2ccccc2c1=O. The van der Waals surface area contributed by atoms with Crippen molar-refractivity contribution in [2.45, 2.75) is 11.7 Å². The summed E-state index contributed by atoms with van der Waals surface area (Å²) in [5.74, 6) is 0.137. The molecule has 150 valence electrons. The summed E-state index contributed by atoms with van der Waals surface area (Å²) in [6, 6.07) is 26.8. The third kappa shape index (κ3) is 4.28. The summed E-state index contributed by atoms with van der Waals surface area (Å²) < 4.78 is 1.50. The number of hydrogen-bond donors (Lipinski definition) is 0. The molecule has 0 atom stereocenters. The number of nitrogens with zero attached hydrogens (tertiary/aromatic N) is 3. The molecule has 0 unspecified atom stereocenters. The molecule has 0 aliphatic rings. The number of aromatic nitrogens is 2. The lowest BCUT2D eigenvalue weighted by Gasteiger charge is -2.23. The minimum absolute atomic E-state index is 0.0440. The molecule has 0 N–H and O–H groups in total. The van der Waals surface area contributed by atoms with E-state index in [2.05, 4.69) is 4.98 Å². The molecule has 4 aromatic rings. The Hall–Kier alpha value is -3.38. The molecule has 0 saturated carbocycles. The van der Waals surface area contributed by atoms with Gasteiger partial charge in [-0.1, -0.05) is 72.4 Å². The first-order valence-electron chi connectivity index (χ1n) is 9.61. The third-order valence-electron chi connectivity index (χ3n) is 4.82. The number of anilines is 1. The quantitative estimate of drug-likeness (QED) is 0.349. The van der Waals surface area contributed by atoms with Crippen LogP contribution in [-0.2, 0) is 18.4 Å². The van der Waals surface area contributed by atoms with E-state index in [-0.39, 0.29) is 17.2 Å². The van der Waals surface area contributed by atoms with Gasteiger partial charge < -0.3 is 4.90 Å². The zero-order valence-corrected chi connectivity index (χ0v) is 17.4. The average molecular weight is 416 g/mol. The number of carbonyl (C=O) groups is 1. The summed E-state index contributed by atoms with van der Waals surface area (Å²) in [7, 11) is 1.69. The lowest BCUT2D eigenvalue weighted by Crippen LogP contribution is -2.32. The van der Waals surface area contributed by atoms with Crippen LogP contribution in [0.25, 0.3) is 10.9 Å². The Bertz CT molecular complexity index is 1220. The lowest BCUT2D eigenvalue weighted by molar-refractivity contribution is -0.116. The highest BCUT2D eigenvalue weighted by molar-refractivity contribution is 7.99. The van der Waals surface area contributed by atoms with Crippen molar-refractivity contribution < 1.29 is 4.79 Å². The van der Waals surface area contributed by atoms with Crippen LogP contribution in [0.5, 0.6) is 0 Å². The number of fused-ring (bicyclic) bond motifs is 1. The van der Waals surface area contributed by atoms with Crippen LogP contribution in [0.15, 0.2) is 94.9 Å². The van der Waals surface area contributed by atoms with Crippen LogP contribution in [-0.4, -0.2) is 21.2 Å². The van der Waals surface area contributed by atoms with Crippen LogP contribution in [0.3, 0.4) is 0 Å². The monoisotopic (exact) mass is 415 g/mol. The van der Waals surface area contributed by atoms with Crippen LogP contribution in [0.2, 0.25) is 0 Å². The molecule has 1 heterocycles. The minimum Gasteiger partial charge on any atom is -0.307 e. The van der Waals surface area contributed by atoms with Gasteiger partial charge in [-0.2, -0.15) is 0 Å². The van der Waals surface area contributed by atoms with Crippen LogP contribution >= 0.6 is 11.8 Å². The van der Waals surface area contributed by atoms with Gasteiger partial charge >= 0.3 is 0 Å². The van der Waals surface area contributed by atoms with Crippen molar-refractivity contribution in [3.63, 3.8) is 0 Å². The number of benzene rings is 3. The van der Waals surface area contributed by atoms with Gasteiger partial charge in [0.25, 0.3) is 5.56 Å². The fourth-order valence-corrected chi connectivity index (χ4v) is 4.08. The molecule has 30 heavy (non-hydrogen) atoms. The molecule has 0 radical (unpaired) electrons. The number of hydrogen-bond acceptors (Lipinski definition) is 4. The van der Waals surface area contributed by atoms with Gasteiger partial charge in [0.15, 0.2) is 5.16 Å². The Kier molecular flexibility index (Phi) is 5.95. The molecule has 0 saturated heterocycles. The normalized spacial score (nSPS) is 10.8. The average Bonchev–Trinajstić information content (AvgIpc) is 2.80. The van der Waals surface area contributed by atoms with Gasteiger partial charge in [0.05, 0.1) is 23.2 Å². The lowest BCUT2D eigenvalue weighted by atomic mass is 10.2. The number of amides is 1. The van der Waals surface area contributed by atoms with Gasteiger partial charge in [-0.05, 0) is 29.8 Å². The second kappa shape index (κ2) is 8.97. The fourth-order valence-electron chi connectivity index (χ4n) is 3.23. The molecule has 0 aliphatic carbocycles. The highest BCUT2D eigenvalue weighted by Gasteiger charge is 2.18. The van der Waals surface area contributed by atoms with E-state index >= 15 is 0 Å². The molecular weight excluding hydrogens is 394 g/mol. The molecule has 0 bridgehead atoms. The summed E-state index contributed by atoms with van der Waals surface area (Å²) in [6.07, 6.45) is 0. The van der Waals surface area contributed by atoms with Crippen LogP contribution in [0.1, 0.15) is 5.56 Å². The first kappa shape index (κ1) is 19.9. The molecule has 1 amide bonds. The van der Waals surface area contributed by atoms with Crippen molar-refractivity contribution in [1.29, 1.82) is 0 Å². The van der Waals surface area contributed by atoms with Crippen molar-refractivity contribution in [1.82, 2.24) is 9.55 Å². The molecule has 0 fully saturated rings. The zero-order valence-electron chi connectivity index (χ0n) is 16.6. The number of carbonyl (C=O) groups excluding carboxylic acids is 1. The highest BCUT2D eigenvalue weighted by Crippen LogP contribution is 2.22. The second-order valence-electron chi connectivity index (χ2n) is 6.87. The largest absolute Gasteiger partial charge is 0.307 e. The molecular formula is C24H21N3O2S. The van der Waals surface area contributed by atoms with Gasteiger partial charge in [0, 0.05) is 12.7 Å². The van der Waals surface area contributed by atoms with E-state index in [1.807, 2.05) is 78.9 Å². The van der Waals surface area contributed by atoms with Crippen LogP contribution in [0.4, 0.5) is 5.69 Å². The van der Waals surface area contributed by atoms with E-state index in [1.54, 1.807) is 18.0 Å². The van der Waals surface area contributed by atoms with Gasteiger partial charge in [0.1, 0.15) is 0 Å². The number of para-hydroxylation sites is 2. The fraction of sp³-hybridized carbons (Fsp3) is 0.125. The molecule has 0 spiro atoms. The summed E-state index contributed by atoms with van der Waals surface area (Å²) >= 11 is 1.28. The third-order valence-corrected chi connectivity index (χ3v) is 5.83. The van der Waals surface area contributed by atoms with E-state index in [4.69, 9.17) is 0 Å². The summed E-state index contributed by atoms with van der Waals surface area (Å²) in [4.78, 5) is 32.1. The second-order valence-corrected chi connectivity index (χ2v) is 7.81. The molecule has 0 aliphatic heterocycles. The van der Waals surface area contributed by atoms with Crippen LogP contribution < -0.4 is 10.5 Å². The van der Waals surface area contributed by atoms with E-state index < -0.39 is 0 Å². The van der Waals surface area contributed by atoms with E-state index in [0.717, 1.165) is 11.3 Å². The Labute approximate surface area is 179 Å². The Balaban J connectivity index is 1.58. The minimum atomic E-state index is -0.111. The molecule has 4 rings (SSSR count). The molecule has 3 aromatic carbocycles. The van der Waals surface area contributed by atoms with Crippen molar-refractivity contribution in [3.05, 3.63) is 101 Å². The van der Waals surface area contributed by atoms with Crippen LogP contribution in [0, 0.1) is 0 Å². The smallest absolute Gasteiger partial charge is 0.261 e. The Morgan fingerprint density at radius 1 is 0.933 bits per heavy atom. The molecule has 6 heteroatoms. The van der Waals surface area contributed by atoms with Gasteiger partial charge in [-0.15, -0.1) is 0 Å².